The minimum Gasteiger partial charge on any atom is -0.494 e. The first-order valence-electron chi connectivity index (χ1n) is 8.14. The van der Waals surface area contributed by atoms with Gasteiger partial charge in [-0.25, -0.2) is 4.98 Å². The number of anilines is 1. The molecule has 1 aromatic heterocycles. The maximum absolute atomic E-state index is 11.8. The molecule has 134 valence electrons. The van der Waals surface area contributed by atoms with Crippen molar-refractivity contribution in [2.75, 3.05) is 18.5 Å². The predicted molar refractivity (Wildman–Crippen MR) is 98.8 cm³/mol. The van der Waals surface area contributed by atoms with Gasteiger partial charge in [0, 0.05) is 12.6 Å². The Morgan fingerprint density at radius 3 is 2.92 bits per heavy atom. The normalized spacial score (nSPS) is 10.7. The summed E-state index contributed by atoms with van der Waals surface area (Å²) in [7, 11) is 0. The highest BCUT2D eigenvalue weighted by Crippen LogP contribution is 2.27. The van der Waals surface area contributed by atoms with E-state index < -0.39 is 10.5 Å². The summed E-state index contributed by atoms with van der Waals surface area (Å²) in [4.78, 5) is 29.0. The Morgan fingerprint density at radius 2 is 2.15 bits per heavy atom. The van der Waals surface area contributed by atoms with E-state index in [1.807, 2.05) is 31.2 Å². The van der Waals surface area contributed by atoms with E-state index in [1.165, 1.54) is 18.5 Å². The molecule has 1 heterocycles. The molecule has 0 fully saturated rings. The van der Waals surface area contributed by atoms with Gasteiger partial charge >= 0.3 is 0 Å². The van der Waals surface area contributed by atoms with Crippen LogP contribution in [-0.4, -0.2) is 28.0 Å². The number of aromatic nitrogens is 2. The van der Waals surface area contributed by atoms with Gasteiger partial charge in [0.1, 0.15) is 11.4 Å². The zero-order valence-electron chi connectivity index (χ0n) is 14.2. The molecular weight excluding hydrogens is 336 g/mol. The summed E-state index contributed by atoms with van der Waals surface area (Å²) in [5.74, 6) is 0.796. The number of nitro benzene ring substituents is 1. The van der Waals surface area contributed by atoms with Crippen molar-refractivity contribution in [1.82, 2.24) is 9.97 Å². The quantitative estimate of drug-likeness (QED) is 0.383. The van der Waals surface area contributed by atoms with E-state index in [4.69, 9.17) is 4.74 Å². The minimum absolute atomic E-state index is 0.157. The summed E-state index contributed by atoms with van der Waals surface area (Å²) >= 11 is 0. The fourth-order valence-electron chi connectivity index (χ4n) is 2.59. The van der Waals surface area contributed by atoms with Gasteiger partial charge in [0.05, 0.1) is 28.8 Å². The summed E-state index contributed by atoms with van der Waals surface area (Å²) in [6.07, 6.45) is 1.93. The van der Waals surface area contributed by atoms with Crippen LogP contribution in [0.15, 0.2) is 47.5 Å². The molecule has 3 aromatic rings. The molecule has 3 rings (SSSR count). The number of hydrogen-bond acceptors (Lipinski definition) is 6. The van der Waals surface area contributed by atoms with E-state index in [0.29, 0.717) is 30.8 Å². The number of aryl methyl sites for hydroxylation is 1. The fourth-order valence-corrected chi connectivity index (χ4v) is 2.59. The third-order valence-electron chi connectivity index (χ3n) is 3.85. The summed E-state index contributed by atoms with van der Waals surface area (Å²) in [6.45, 7) is 2.96. The van der Waals surface area contributed by atoms with E-state index in [2.05, 4.69) is 15.3 Å². The summed E-state index contributed by atoms with van der Waals surface area (Å²) in [5, 5.41) is 14.5. The number of nitro groups is 1. The van der Waals surface area contributed by atoms with Crippen LogP contribution < -0.4 is 15.6 Å². The second-order valence-electron chi connectivity index (χ2n) is 5.82. The average Bonchev–Trinajstić information content (AvgIpc) is 2.61. The van der Waals surface area contributed by atoms with Crippen LogP contribution in [0.25, 0.3) is 10.9 Å². The van der Waals surface area contributed by atoms with Gasteiger partial charge < -0.3 is 15.0 Å². The Kier molecular flexibility index (Phi) is 5.12. The van der Waals surface area contributed by atoms with Crippen LogP contribution in [0, 0.1) is 17.0 Å². The van der Waals surface area contributed by atoms with Crippen LogP contribution in [0.4, 0.5) is 11.4 Å². The first-order valence-corrected chi connectivity index (χ1v) is 8.14. The van der Waals surface area contributed by atoms with E-state index in [9.17, 15) is 14.9 Å². The van der Waals surface area contributed by atoms with Gasteiger partial charge in [0.25, 0.3) is 11.2 Å². The lowest BCUT2D eigenvalue weighted by Gasteiger charge is -2.09. The van der Waals surface area contributed by atoms with Crippen molar-refractivity contribution in [2.45, 2.75) is 13.3 Å². The Bertz CT molecular complexity index is 1000. The molecule has 26 heavy (non-hydrogen) atoms. The van der Waals surface area contributed by atoms with Crippen molar-refractivity contribution in [2.24, 2.45) is 0 Å². The van der Waals surface area contributed by atoms with Crippen LogP contribution >= 0.6 is 0 Å². The highest BCUT2D eigenvalue weighted by Gasteiger charge is 2.16. The van der Waals surface area contributed by atoms with Crippen molar-refractivity contribution in [3.8, 4) is 5.75 Å². The van der Waals surface area contributed by atoms with Crippen LogP contribution in [0.2, 0.25) is 0 Å². The molecule has 0 aliphatic rings. The van der Waals surface area contributed by atoms with Crippen LogP contribution in [0.3, 0.4) is 0 Å². The van der Waals surface area contributed by atoms with Crippen molar-refractivity contribution >= 4 is 22.3 Å². The van der Waals surface area contributed by atoms with Gasteiger partial charge in [-0.15, -0.1) is 0 Å². The lowest BCUT2D eigenvalue weighted by molar-refractivity contribution is -0.383. The topological polar surface area (TPSA) is 110 Å². The molecule has 0 atom stereocenters. The zero-order chi connectivity index (χ0) is 18.5. The predicted octanol–water partition coefficient (Wildman–Crippen LogP) is 3.02. The maximum atomic E-state index is 11.8. The number of nitrogens with zero attached hydrogens (tertiary/aromatic N) is 2. The van der Waals surface area contributed by atoms with Gasteiger partial charge in [-0.2, -0.15) is 0 Å². The molecule has 0 saturated carbocycles. The smallest absolute Gasteiger partial charge is 0.293 e. The molecule has 0 bridgehead atoms. The SMILES string of the molecule is Cc1cccc(OCCCNc2cc3nc[nH]c(=O)c3cc2[N+](=O)[O-])c1. The molecule has 2 aromatic carbocycles. The minimum atomic E-state index is -0.516. The first kappa shape index (κ1) is 17.4. The Balaban J connectivity index is 1.65. The second-order valence-corrected chi connectivity index (χ2v) is 5.82. The van der Waals surface area contributed by atoms with Crippen LogP contribution in [0.5, 0.6) is 5.75 Å². The van der Waals surface area contributed by atoms with E-state index in [0.717, 1.165) is 11.3 Å². The molecule has 0 aliphatic carbocycles. The average molecular weight is 354 g/mol. The van der Waals surface area contributed by atoms with Gasteiger partial charge in [-0.05, 0) is 37.1 Å². The third-order valence-corrected chi connectivity index (χ3v) is 3.85. The molecule has 8 heteroatoms. The molecular formula is C18H18N4O4. The number of hydrogen-bond donors (Lipinski definition) is 2. The van der Waals surface area contributed by atoms with Crippen LogP contribution in [-0.2, 0) is 0 Å². The van der Waals surface area contributed by atoms with Crippen LogP contribution in [0.1, 0.15) is 12.0 Å². The van der Waals surface area contributed by atoms with Gasteiger partial charge in [-0.1, -0.05) is 12.1 Å². The van der Waals surface area contributed by atoms with E-state index >= 15 is 0 Å². The van der Waals surface area contributed by atoms with Crippen molar-refractivity contribution in [3.05, 3.63) is 68.8 Å². The van der Waals surface area contributed by atoms with Crippen molar-refractivity contribution in [1.29, 1.82) is 0 Å². The van der Waals surface area contributed by atoms with Gasteiger partial charge in [0.2, 0.25) is 0 Å². The monoisotopic (exact) mass is 354 g/mol. The molecule has 0 saturated heterocycles. The summed E-state index contributed by atoms with van der Waals surface area (Å²) < 4.78 is 5.66. The third kappa shape index (κ3) is 3.97. The molecule has 0 unspecified atom stereocenters. The van der Waals surface area contributed by atoms with E-state index in [1.54, 1.807) is 0 Å². The highest BCUT2D eigenvalue weighted by atomic mass is 16.6. The molecule has 0 spiro atoms. The first-order chi connectivity index (χ1) is 12.5. The lowest BCUT2D eigenvalue weighted by Crippen LogP contribution is -2.11. The Labute approximate surface area is 149 Å². The zero-order valence-corrected chi connectivity index (χ0v) is 14.2. The number of aromatic amines is 1. The second kappa shape index (κ2) is 7.64. The Hall–Kier alpha value is -3.42. The van der Waals surface area contributed by atoms with E-state index in [-0.39, 0.29) is 11.1 Å². The number of nitrogens with one attached hydrogen (secondary N) is 2. The lowest BCUT2D eigenvalue weighted by atomic mass is 10.2. The number of fused-ring (bicyclic) bond motifs is 1. The van der Waals surface area contributed by atoms with Gasteiger partial charge in [-0.3, -0.25) is 14.9 Å². The molecule has 0 amide bonds. The largest absolute Gasteiger partial charge is 0.494 e. The molecule has 2 N–H and O–H groups in total. The molecule has 0 aliphatic heterocycles. The number of benzene rings is 2. The molecule has 8 nitrogen and oxygen atoms in total. The highest BCUT2D eigenvalue weighted by molar-refractivity contribution is 5.86. The van der Waals surface area contributed by atoms with Crippen molar-refractivity contribution < 1.29 is 9.66 Å². The standard InChI is InChI=1S/C18H18N4O4/c1-12-4-2-5-13(8-12)26-7-3-6-19-16-10-15-14(9-17(16)22(24)25)18(23)21-11-20-15/h2,4-5,8-11,19H,3,6-7H2,1H3,(H,20,21,23). The number of rotatable bonds is 7. The van der Waals surface area contributed by atoms with Crippen molar-refractivity contribution in [3.63, 3.8) is 0 Å². The summed E-state index contributed by atoms with van der Waals surface area (Å²) in [5.41, 5.74) is 1.29. The summed E-state index contributed by atoms with van der Waals surface area (Å²) in [6, 6.07) is 10.5. The maximum Gasteiger partial charge on any atom is 0.293 e. The number of H-pyrrole nitrogens is 1. The number of ether oxygens (including phenoxy) is 1. The fraction of sp³-hybridized carbons (Fsp3) is 0.222. The Morgan fingerprint density at radius 1 is 1.31 bits per heavy atom. The molecule has 0 radical (unpaired) electrons. The van der Waals surface area contributed by atoms with Gasteiger partial charge in [0.15, 0.2) is 0 Å².